The summed E-state index contributed by atoms with van der Waals surface area (Å²) >= 11 is 0. The van der Waals surface area contributed by atoms with Gasteiger partial charge in [0.2, 0.25) is 0 Å². The molecule has 2 aliphatic rings. The van der Waals surface area contributed by atoms with E-state index in [0.717, 1.165) is 37.1 Å². The summed E-state index contributed by atoms with van der Waals surface area (Å²) in [5, 5.41) is -0.305. The highest BCUT2D eigenvalue weighted by Gasteiger charge is 2.40. The number of nitrogens with two attached hydrogens (primary N) is 1. The monoisotopic (exact) mass is 511 g/mol. The number of nitrogens with zero attached hydrogens (tertiary/aromatic N) is 3. The van der Waals surface area contributed by atoms with E-state index in [1.807, 2.05) is 6.08 Å². The van der Waals surface area contributed by atoms with Crippen LogP contribution in [0.4, 0.5) is 11.6 Å². The third-order valence-electron chi connectivity index (χ3n) is 6.73. The van der Waals surface area contributed by atoms with Crippen molar-refractivity contribution in [3.8, 4) is 0 Å². The van der Waals surface area contributed by atoms with E-state index in [4.69, 9.17) is 10.7 Å². The van der Waals surface area contributed by atoms with Gasteiger partial charge < -0.3 is 10.6 Å². The number of carbonyl (C=O) groups excluding carboxylic acids is 1. The smallest absolute Gasteiger partial charge is 0.281 e. The highest BCUT2D eigenvalue weighted by Crippen LogP contribution is 2.40. The molecule has 2 fully saturated rings. The van der Waals surface area contributed by atoms with Gasteiger partial charge in [-0.25, -0.2) is 14.7 Å². The number of pyridine rings is 2. The molecule has 0 aromatic carbocycles. The quantitative estimate of drug-likeness (QED) is 0.585. The van der Waals surface area contributed by atoms with Crippen LogP contribution in [0.1, 0.15) is 82.4 Å². The number of aromatic nitrogens is 2. The third-order valence-corrected chi connectivity index (χ3v) is 7.97. The topological polar surface area (TPSA) is 118 Å². The zero-order chi connectivity index (χ0) is 26.5. The van der Waals surface area contributed by atoms with Gasteiger partial charge in [0.1, 0.15) is 11.6 Å². The molecule has 4 rings (SSSR count). The van der Waals surface area contributed by atoms with E-state index in [2.05, 4.69) is 62.2 Å². The molecule has 194 valence electrons. The van der Waals surface area contributed by atoms with Gasteiger partial charge in [0.25, 0.3) is 15.9 Å². The molecule has 0 spiro atoms. The highest BCUT2D eigenvalue weighted by atomic mass is 32.2. The molecule has 1 saturated carbocycles. The molecule has 3 N–H and O–H groups in total. The summed E-state index contributed by atoms with van der Waals surface area (Å²) in [6.45, 7) is 13.5. The number of carbonyl (C=O) groups is 1. The van der Waals surface area contributed by atoms with Crippen molar-refractivity contribution in [2.24, 2.45) is 11.8 Å². The minimum absolute atomic E-state index is 0.0579. The van der Waals surface area contributed by atoms with Crippen LogP contribution in [0, 0.1) is 11.8 Å². The Morgan fingerprint density at radius 3 is 2.47 bits per heavy atom. The van der Waals surface area contributed by atoms with Gasteiger partial charge in [-0.1, -0.05) is 45.9 Å². The number of nitrogen functional groups attached to an aromatic ring is 1. The second kappa shape index (κ2) is 9.18. The lowest BCUT2D eigenvalue weighted by atomic mass is 9.87. The maximum absolute atomic E-state index is 13.6. The van der Waals surface area contributed by atoms with Crippen LogP contribution in [-0.2, 0) is 15.4 Å². The Kier molecular flexibility index (Phi) is 6.66. The first-order chi connectivity index (χ1) is 16.7. The fourth-order valence-corrected chi connectivity index (χ4v) is 5.86. The van der Waals surface area contributed by atoms with Crippen LogP contribution in [-0.4, -0.2) is 36.4 Å². The van der Waals surface area contributed by atoms with Crippen LogP contribution in [0.15, 0.2) is 35.4 Å². The van der Waals surface area contributed by atoms with Crippen LogP contribution in [0.2, 0.25) is 0 Å². The van der Waals surface area contributed by atoms with Gasteiger partial charge in [0, 0.05) is 17.5 Å². The van der Waals surface area contributed by atoms with Crippen LogP contribution >= 0.6 is 0 Å². The highest BCUT2D eigenvalue weighted by molar-refractivity contribution is 7.90. The van der Waals surface area contributed by atoms with Crippen LogP contribution in [0.5, 0.6) is 0 Å². The maximum atomic E-state index is 13.6. The van der Waals surface area contributed by atoms with Crippen LogP contribution < -0.4 is 15.4 Å². The standard InChI is InChI=1S/C27H37N5O3S/c1-17-15-27(5,6)32(16-17)24-20(25(33)31-36(34,35)22-9-7-8-21(28)29-22)14-19(13-12-18-10-11-18)23(30-24)26(2,3)4/h7-9,12-14,17-18H,10-11,15-16H2,1-6H3,(H2,28,29)(H,31,33). The van der Waals surface area contributed by atoms with Crippen molar-refractivity contribution in [2.75, 3.05) is 17.2 Å². The van der Waals surface area contributed by atoms with Crippen molar-refractivity contribution in [3.63, 3.8) is 0 Å². The van der Waals surface area contributed by atoms with Gasteiger partial charge in [0.15, 0.2) is 5.03 Å². The first-order valence-electron chi connectivity index (χ1n) is 12.5. The zero-order valence-electron chi connectivity index (χ0n) is 22.0. The lowest BCUT2D eigenvalue weighted by Gasteiger charge is -2.35. The Morgan fingerprint density at radius 2 is 1.92 bits per heavy atom. The lowest BCUT2D eigenvalue weighted by molar-refractivity contribution is 0.0981. The molecule has 8 nitrogen and oxygen atoms in total. The minimum atomic E-state index is -4.23. The molecule has 36 heavy (non-hydrogen) atoms. The number of nitrogens with one attached hydrogen (secondary N) is 1. The lowest BCUT2D eigenvalue weighted by Crippen LogP contribution is -2.41. The number of hydrogen-bond acceptors (Lipinski definition) is 7. The molecule has 0 radical (unpaired) electrons. The van der Waals surface area contributed by atoms with E-state index in [1.54, 1.807) is 6.07 Å². The average molecular weight is 512 g/mol. The summed E-state index contributed by atoms with van der Waals surface area (Å²) in [5.74, 6) is 0.779. The molecule has 0 bridgehead atoms. The van der Waals surface area contributed by atoms with Crippen molar-refractivity contribution < 1.29 is 13.2 Å². The van der Waals surface area contributed by atoms with Gasteiger partial charge in [-0.3, -0.25) is 4.79 Å². The zero-order valence-corrected chi connectivity index (χ0v) is 22.8. The minimum Gasteiger partial charge on any atom is -0.384 e. The molecule has 1 atom stereocenters. The number of hydrogen-bond donors (Lipinski definition) is 2. The fourth-order valence-electron chi connectivity index (χ4n) is 4.92. The molecule has 1 aliphatic carbocycles. The summed E-state index contributed by atoms with van der Waals surface area (Å²) in [7, 11) is -4.23. The van der Waals surface area contributed by atoms with E-state index in [1.165, 1.54) is 18.2 Å². The predicted octanol–water partition coefficient (Wildman–Crippen LogP) is 4.52. The van der Waals surface area contributed by atoms with Gasteiger partial charge in [-0.2, -0.15) is 8.42 Å². The Balaban J connectivity index is 1.84. The largest absolute Gasteiger partial charge is 0.384 e. The summed E-state index contributed by atoms with van der Waals surface area (Å²) < 4.78 is 28.2. The molecule has 1 amide bonds. The predicted molar refractivity (Wildman–Crippen MR) is 143 cm³/mol. The molecule has 1 unspecified atom stereocenters. The van der Waals surface area contributed by atoms with E-state index in [0.29, 0.717) is 17.7 Å². The molecule has 2 aromatic heterocycles. The Hall–Kier alpha value is -2.94. The van der Waals surface area contributed by atoms with Crippen molar-refractivity contribution in [1.82, 2.24) is 14.7 Å². The second-order valence-electron chi connectivity index (χ2n) is 11.8. The second-order valence-corrected chi connectivity index (χ2v) is 13.4. The van der Waals surface area contributed by atoms with Crippen molar-refractivity contribution >= 4 is 33.6 Å². The van der Waals surface area contributed by atoms with E-state index < -0.39 is 15.9 Å². The first kappa shape index (κ1) is 26.1. The average Bonchev–Trinajstić information content (AvgIpc) is 3.54. The van der Waals surface area contributed by atoms with Crippen LogP contribution in [0.25, 0.3) is 6.08 Å². The third kappa shape index (κ3) is 5.56. The summed E-state index contributed by atoms with van der Waals surface area (Å²) in [6, 6.07) is 6.08. The van der Waals surface area contributed by atoms with Crippen molar-refractivity contribution in [3.05, 3.63) is 47.2 Å². The van der Waals surface area contributed by atoms with E-state index >= 15 is 0 Å². The fraction of sp³-hybridized carbons (Fsp3) is 0.519. The number of amides is 1. The van der Waals surface area contributed by atoms with E-state index in [9.17, 15) is 13.2 Å². The van der Waals surface area contributed by atoms with Gasteiger partial charge >= 0.3 is 0 Å². The van der Waals surface area contributed by atoms with Gasteiger partial charge in [-0.15, -0.1) is 0 Å². The Morgan fingerprint density at radius 1 is 1.22 bits per heavy atom. The Bertz CT molecular complexity index is 1310. The first-order valence-corrected chi connectivity index (χ1v) is 14.0. The van der Waals surface area contributed by atoms with E-state index in [-0.39, 0.29) is 27.4 Å². The molecule has 3 heterocycles. The number of sulfonamides is 1. The summed E-state index contributed by atoms with van der Waals surface area (Å²) in [5.41, 5.74) is 7.09. The van der Waals surface area contributed by atoms with Crippen molar-refractivity contribution in [2.45, 2.75) is 76.8 Å². The van der Waals surface area contributed by atoms with Crippen LogP contribution in [0.3, 0.4) is 0 Å². The normalized spacial score (nSPS) is 20.2. The summed E-state index contributed by atoms with van der Waals surface area (Å²) in [4.78, 5) is 24.7. The molecular formula is C27H37N5O3S. The van der Waals surface area contributed by atoms with Crippen molar-refractivity contribution in [1.29, 1.82) is 0 Å². The Labute approximate surface area is 214 Å². The molecular weight excluding hydrogens is 474 g/mol. The molecule has 2 aromatic rings. The number of allylic oxidation sites excluding steroid dienone is 1. The molecule has 1 saturated heterocycles. The number of anilines is 2. The maximum Gasteiger partial charge on any atom is 0.281 e. The SMILES string of the molecule is CC1CN(c2nc(C(C)(C)C)c(C=CC3CC3)cc2C(=O)NS(=O)(=O)c2cccc(N)n2)C(C)(C)C1. The molecule has 1 aliphatic heterocycles. The number of rotatable bonds is 6. The molecule has 9 heteroatoms. The van der Waals surface area contributed by atoms with Gasteiger partial charge in [-0.05, 0) is 68.7 Å². The summed E-state index contributed by atoms with van der Waals surface area (Å²) in [6.07, 6.45) is 7.44. The van der Waals surface area contributed by atoms with Gasteiger partial charge in [0.05, 0.1) is 11.3 Å².